The van der Waals surface area contributed by atoms with Gasteiger partial charge >= 0.3 is 0 Å². The van der Waals surface area contributed by atoms with Crippen molar-refractivity contribution in [3.63, 3.8) is 0 Å². The van der Waals surface area contributed by atoms with Crippen LogP contribution < -0.4 is 0 Å². The van der Waals surface area contributed by atoms with E-state index in [2.05, 4.69) is 276 Å². The summed E-state index contributed by atoms with van der Waals surface area (Å²) in [6.45, 7) is 0. The molecule has 0 aliphatic heterocycles. The monoisotopic (exact) mass is 864 g/mol. The fourth-order valence-corrected chi connectivity index (χ4v) is 10.5. The van der Waals surface area contributed by atoms with Crippen LogP contribution in [0.15, 0.2) is 267 Å². The lowest BCUT2D eigenvalue weighted by Gasteiger charge is -2.17. The molecule has 2 nitrogen and oxygen atoms in total. The van der Waals surface area contributed by atoms with Gasteiger partial charge in [0.15, 0.2) is 0 Å². The van der Waals surface area contributed by atoms with Crippen molar-refractivity contribution in [1.29, 1.82) is 0 Å². The number of hydrogen-bond donors (Lipinski definition) is 0. The maximum atomic E-state index is 2.44. The third kappa shape index (κ3) is 6.73. The number of hydrogen-bond acceptors (Lipinski definition) is 0. The predicted molar refractivity (Wildman–Crippen MR) is 288 cm³/mol. The van der Waals surface area contributed by atoms with Crippen LogP contribution in [0.2, 0.25) is 0 Å². The van der Waals surface area contributed by atoms with Crippen LogP contribution in [-0.4, -0.2) is 9.13 Å². The zero-order valence-electron chi connectivity index (χ0n) is 37.3. The van der Waals surface area contributed by atoms with Crippen LogP contribution in [0.3, 0.4) is 0 Å². The fraction of sp³-hybridized carbons (Fsp3) is 0. The Hall–Kier alpha value is -8.98. The van der Waals surface area contributed by atoms with E-state index in [9.17, 15) is 0 Å². The first-order valence-electron chi connectivity index (χ1n) is 23.4. The molecule has 0 aliphatic carbocycles. The van der Waals surface area contributed by atoms with Crippen molar-refractivity contribution < 1.29 is 0 Å². The zero-order chi connectivity index (χ0) is 45.0. The maximum Gasteiger partial charge on any atom is 0.0541 e. The highest BCUT2D eigenvalue weighted by Crippen LogP contribution is 2.42. The highest BCUT2D eigenvalue weighted by atomic mass is 15.0. The number of aromatic nitrogens is 2. The second-order valence-corrected chi connectivity index (χ2v) is 17.7. The minimum Gasteiger partial charge on any atom is -0.309 e. The topological polar surface area (TPSA) is 9.86 Å². The summed E-state index contributed by atoms with van der Waals surface area (Å²) in [4.78, 5) is 0. The number of rotatable bonds is 8. The molecule has 0 atom stereocenters. The Kier molecular flexibility index (Phi) is 9.54. The molecule has 0 bridgehead atoms. The van der Waals surface area contributed by atoms with E-state index in [-0.39, 0.29) is 0 Å². The fourth-order valence-electron chi connectivity index (χ4n) is 10.5. The van der Waals surface area contributed by atoms with Crippen molar-refractivity contribution >= 4 is 43.6 Å². The van der Waals surface area contributed by atoms with Crippen LogP contribution in [0.5, 0.6) is 0 Å². The molecule has 0 unspecified atom stereocenters. The summed E-state index contributed by atoms with van der Waals surface area (Å²) in [5.41, 5.74) is 21.2. The molecule has 2 aromatic heterocycles. The molecule has 0 saturated heterocycles. The smallest absolute Gasteiger partial charge is 0.0541 e. The molecule has 0 N–H and O–H groups in total. The third-order valence-electron chi connectivity index (χ3n) is 13.7. The van der Waals surface area contributed by atoms with Crippen LogP contribution in [0.25, 0.3) is 122 Å². The molecule has 0 radical (unpaired) electrons. The van der Waals surface area contributed by atoms with Crippen molar-refractivity contribution in [1.82, 2.24) is 9.13 Å². The van der Waals surface area contributed by atoms with Gasteiger partial charge in [-0.25, -0.2) is 0 Å². The second kappa shape index (κ2) is 16.5. The summed E-state index contributed by atoms with van der Waals surface area (Å²) in [6.07, 6.45) is 0. The Bertz CT molecular complexity index is 3650. The zero-order valence-corrected chi connectivity index (χ0v) is 37.3. The first kappa shape index (κ1) is 39.4. The second-order valence-electron chi connectivity index (χ2n) is 17.7. The normalized spacial score (nSPS) is 11.5. The van der Waals surface area contributed by atoms with Crippen LogP contribution in [-0.2, 0) is 0 Å². The van der Waals surface area contributed by atoms with Gasteiger partial charge in [-0.2, -0.15) is 0 Å². The van der Waals surface area contributed by atoms with E-state index in [0.29, 0.717) is 0 Å². The van der Waals surface area contributed by atoms with Crippen LogP contribution in [0.1, 0.15) is 0 Å². The van der Waals surface area contributed by atoms with Gasteiger partial charge in [-0.05, 0) is 122 Å². The number of benzene rings is 11. The molecular weight excluding hydrogens is 821 g/mol. The van der Waals surface area contributed by atoms with E-state index in [1.165, 1.54) is 110 Å². The highest BCUT2D eigenvalue weighted by molar-refractivity contribution is 6.11. The lowest BCUT2D eigenvalue weighted by atomic mass is 9.92. The first-order chi connectivity index (χ1) is 33.7. The third-order valence-corrected chi connectivity index (χ3v) is 13.7. The van der Waals surface area contributed by atoms with Crippen molar-refractivity contribution in [2.45, 2.75) is 0 Å². The van der Waals surface area contributed by atoms with Gasteiger partial charge in [-0.15, -0.1) is 0 Å². The van der Waals surface area contributed by atoms with Gasteiger partial charge < -0.3 is 9.13 Å². The maximum absolute atomic E-state index is 2.44. The van der Waals surface area contributed by atoms with E-state index >= 15 is 0 Å². The van der Waals surface area contributed by atoms with Gasteiger partial charge in [0, 0.05) is 32.7 Å². The van der Waals surface area contributed by atoms with E-state index in [1.54, 1.807) is 0 Å². The lowest BCUT2D eigenvalue weighted by molar-refractivity contribution is 1.18. The molecule has 13 aromatic rings. The summed E-state index contributed by atoms with van der Waals surface area (Å²) in [6, 6.07) is 97.5. The highest BCUT2D eigenvalue weighted by Gasteiger charge is 2.19. The van der Waals surface area contributed by atoms with Crippen molar-refractivity contribution in [3.05, 3.63) is 267 Å². The van der Waals surface area contributed by atoms with Gasteiger partial charge in [0.05, 0.1) is 33.4 Å². The van der Waals surface area contributed by atoms with Gasteiger partial charge in [0.1, 0.15) is 0 Å². The molecule has 318 valence electrons. The molecule has 0 amide bonds. The Morgan fingerprint density at radius 2 is 0.441 bits per heavy atom. The van der Waals surface area contributed by atoms with Gasteiger partial charge in [0.2, 0.25) is 0 Å². The minimum absolute atomic E-state index is 1.15. The van der Waals surface area contributed by atoms with Gasteiger partial charge in [-0.3, -0.25) is 0 Å². The van der Waals surface area contributed by atoms with Gasteiger partial charge in [-0.1, -0.05) is 200 Å². The summed E-state index contributed by atoms with van der Waals surface area (Å²) in [7, 11) is 0. The number of para-hydroxylation sites is 4. The standard InChI is InChI=1S/C66H44N2/c1-3-18-45(19-4-1)51-36-38-65(67-61-32-11-7-28-55(61)56-29-8-12-33-62(56)67)59(43-51)53-26-16-24-49(41-53)47-22-15-23-48(40-47)50-25-17-27-54(42-50)60-44-52(46-20-5-2-6-21-46)37-39-66(60)68-63-34-13-9-30-57(63)58-31-10-14-35-64(58)68/h1-44H. The molecule has 0 aliphatic rings. The van der Waals surface area contributed by atoms with E-state index in [0.717, 1.165) is 11.4 Å². The average molecular weight is 865 g/mol. The molecule has 0 fully saturated rings. The van der Waals surface area contributed by atoms with Crippen LogP contribution in [0, 0.1) is 0 Å². The molecule has 11 aromatic carbocycles. The molecule has 13 rings (SSSR count). The summed E-state index contributed by atoms with van der Waals surface area (Å²) in [5.74, 6) is 0. The van der Waals surface area contributed by atoms with Crippen LogP contribution in [0.4, 0.5) is 0 Å². The summed E-state index contributed by atoms with van der Waals surface area (Å²) in [5, 5.41) is 5.01. The van der Waals surface area contributed by atoms with Crippen molar-refractivity contribution in [2.24, 2.45) is 0 Å². The SMILES string of the molecule is c1ccc(-c2ccc(-n3c4ccccc4c4ccccc43)c(-c3cccc(-c4cccc(-c5cccc(-c6cc(-c7ccccc7)ccc6-n6c7ccccc7c7ccccc76)c5)c4)c3)c2)cc1. The number of fused-ring (bicyclic) bond motifs is 6. The Balaban J connectivity index is 0.934. The molecule has 0 spiro atoms. The lowest BCUT2D eigenvalue weighted by Crippen LogP contribution is -1.98. The van der Waals surface area contributed by atoms with Gasteiger partial charge in [0.25, 0.3) is 0 Å². The molecule has 68 heavy (non-hydrogen) atoms. The van der Waals surface area contributed by atoms with E-state index in [4.69, 9.17) is 0 Å². The Morgan fingerprint density at radius 3 is 0.794 bits per heavy atom. The summed E-state index contributed by atoms with van der Waals surface area (Å²) < 4.78 is 4.88. The summed E-state index contributed by atoms with van der Waals surface area (Å²) >= 11 is 0. The van der Waals surface area contributed by atoms with E-state index in [1.807, 2.05) is 0 Å². The predicted octanol–water partition coefficient (Wildman–Crippen LogP) is 17.9. The van der Waals surface area contributed by atoms with Crippen molar-refractivity contribution in [3.8, 4) is 78.1 Å². The molecule has 2 heterocycles. The van der Waals surface area contributed by atoms with Crippen molar-refractivity contribution in [2.75, 3.05) is 0 Å². The Labute approximate surface area is 395 Å². The molecule has 0 saturated carbocycles. The molecular formula is C66H44N2. The van der Waals surface area contributed by atoms with E-state index < -0.39 is 0 Å². The largest absolute Gasteiger partial charge is 0.309 e. The quantitative estimate of drug-likeness (QED) is 0.144. The first-order valence-corrected chi connectivity index (χ1v) is 23.4. The molecule has 2 heteroatoms. The average Bonchev–Trinajstić information content (AvgIpc) is 3.94. The minimum atomic E-state index is 1.15. The number of nitrogens with zero attached hydrogens (tertiary/aromatic N) is 2. The Morgan fingerprint density at radius 1 is 0.176 bits per heavy atom. The van der Waals surface area contributed by atoms with Crippen LogP contribution >= 0.6 is 0 Å².